The summed E-state index contributed by atoms with van der Waals surface area (Å²) in [6.07, 6.45) is 4.11. The average molecular weight is 281 g/mol. The van der Waals surface area contributed by atoms with E-state index in [1.165, 1.54) is 45.4 Å². The van der Waals surface area contributed by atoms with Crippen molar-refractivity contribution in [1.82, 2.24) is 15.1 Å². The van der Waals surface area contributed by atoms with Crippen LogP contribution in [0.1, 0.15) is 47.0 Å². The van der Waals surface area contributed by atoms with Gasteiger partial charge in [0.15, 0.2) is 0 Å². The molecule has 3 atom stereocenters. The average Bonchev–Trinajstić information content (AvgIpc) is 2.37. The summed E-state index contributed by atoms with van der Waals surface area (Å²) in [4.78, 5) is 5.20. The van der Waals surface area contributed by atoms with Crippen molar-refractivity contribution >= 4 is 0 Å². The highest BCUT2D eigenvalue weighted by Crippen LogP contribution is 2.39. The molecule has 2 rings (SSSR count). The number of likely N-dealkylation sites (N-methyl/N-ethyl adjacent to an activating group) is 1. The molecule has 3 nitrogen and oxygen atoms in total. The summed E-state index contributed by atoms with van der Waals surface area (Å²) < 4.78 is 0. The Labute approximate surface area is 126 Å². The molecule has 1 aliphatic carbocycles. The third-order valence-corrected chi connectivity index (χ3v) is 5.52. The summed E-state index contributed by atoms with van der Waals surface area (Å²) in [5, 5.41) is 3.74. The molecule has 0 spiro atoms. The molecular formula is C17H35N3. The first kappa shape index (κ1) is 16.3. The lowest BCUT2D eigenvalue weighted by Crippen LogP contribution is -2.54. The van der Waals surface area contributed by atoms with Gasteiger partial charge in [0.05, 0.1) is 0 Å². The van der Waals surface area contributed by atoms with E-state index in [-0.39, 0.29) is 0 Å². The van der Waals surface area contributed by atoms with Gasteiger partial charge in [-0.3, -0.25) is 0 Å². The first-order chi connectivity index (χ1) is 9.41. The molecular weight excluding hydrogens is 246 g/mol. The minimum absolute atomic E-state index is 0.536. The molecule has 118 valence electrons. The maximum atomic E-state index is 3.74. The highest BCUT2D eigenvalue weighted by Gasteiger charge is 2.36. The molecule has 1 saturated heterocycles. The first-order valence-corrected chi connectivity index (χ1v) is 8.57. The predicted molar refractivity (Wildman–Crippen MR) is 87.1 cm³/mol. The minimum atomic E-state index is 0.536. The van der Waals surface area contributed by atoms with Gasteiger partial charge in [-0.05, 0) is 51.1 Å². The Kier molecular flexibility index (Phi) is 5.49. The zero-order chi connectivity index (χ0) is 14.8. The van der Waals surface area contributed by atoms with E-state index in [1.54, 1.807) is 0 Å². The van der Waals surface area contributed by atoms with Crippen molar-refractivity contribution in [3.8, 4) is 0 Å². The molecule has 3 unspecified atom stereocenters. The van der Waals surface area contributed by atoms with Crippen LogP contribution in [0.5, 0.6) is 0 Å². The molecule has 1 heterocycles. The number of nitrogens with one attached hydrogen (secondary N) is 1. The van der Waals surface area contributed by atoms with E-state index in [4.69, 9.17) is 0 Å². The van der Waals surface area contributed by atoms with Crippen LogP contribution in [0.3, 0.4) is 0 Å². The van der Waals surface area contributed by atoms with Crippen molar-refractivity contribution < 1.29 is 0 Å². The van der Waals surface area contributed by atoms with Crippen LogP contribution in [0, 0.1) is 11.3 Å². The summed E-state index contributed by atoms with van der Waals surface area (Å²) in [6.45, 7) is 15.6. The monoisotopic (exact) mass is 281 g/mol. The largest absolute Gasteiger partial charge is 0.314 e. The normalized spacial score (nSPS) is 36.1. The molecule has 3 heteroatoms. The van der Waals surface area contributed by atoms with Crippen molar-refractivity contribution in [1.29, 1.82) is 0 Å². The number of hydrogen-bond donors (Lipinski definition) is 1. The van der Waals surface area contributed by atoms with E-state index >= 15 is 0 Å². The fraction of sp³-hybridized carbons (Fsp3) is 1.00. The number of rotatable bonds is 4. The zero-order valence-electron chi connectivity index (χ0n) is 14.3. The van der Waals surface area contributed by atoms with E-state index in [1.807, 2.05) is 0 Å². The Morgan fingerprint density at radius 1 is 1.25 bits per heavy atom. The number of hydrogen-bond acceptors (Lipinski definition) is 3. The number of piperazine rings is 1. The van der Waals surface area contributed by atoms with E-state index in [9.17, 15) is 0 Å². The second kappa shape index (κ2) is 6.76. The third-order valence-electron chi connectivity index (χ3n) is 5.52. The summed E-state index contributed by atoms with van der Waals surface area (Å²) in [5.74, 6) is 0.828. The van der Waals surface area contributed by atoms with E-state index in [0.29, 0.717) is 11.5 Å². The van der Waals surface area contributed by atoms with Crippen molar-refractivity contribution in [2.24, 2.45) is 11.3 Å². The molecule has 0 amide bonds. The van der Waals surface area contributed by atoms with Gasteiger partial charge in [-0.25, -0.2) is 0 Å². The summed E-state index contributed by atoms with van der Waals surface area (Å²) in [7, 11) is 2.26. The third kappa shape index (κ3) is 4.19. The van der Waals surface area contributed by atoms with Crippen molar-refractivity contribution in [2.75, 3.05) is 39.8 Å². The Hall–Kier alpha value is -0.120. The lowest BCUT2D eigenvalue weighted by atomic mass is 9.69. The lowest BCUT2D eigenvalue weighted by molar-refractivity contribution is 0.0567. The Bertz CT molecular complexity index is 303. The smallest absolute Gasteiger partial charge is 0.0192 e. The van der Waals surface area contributed by atoms with Crippen LogP contribution >= 0.6 is 0 Å². The van der Waals surface area contributed by atoms with E-state index in [0.717, 1.165) is 18.5 Å². The van der Waals surface area contributed by atoms with Crippen LogP contribution < -0.4 is 5.32 Å². The molecule has 20 heavy (non-hydrogen) atoms. The topological polar surface area (TPSA) is 18.5 Å². The van der Waals surface area contributed by atoms with Crippen LogP contribution in [-0.2, 0) is 0 Å². The summed E-state index contributed by atoms with van der Waals surface area (Å²) in [6, 6.07) is 1.45. The molecule has 0 aromatic rings. The van der Waals surface area contributed by atoms with Gasteiger partial charge in [0.25, 0.3) is 0 Å². The Morgan fingerprint density at radius 2 is 2.00 bits per heavy atom. The fourth-order valence-corrected chi connectivity index (χ4v) is 4.08. The molecule has 1 aliphatic heterocycles. The number of nitrogens with zero attached hydrogens (tertiary/aromatic N) is 2. The standard InChI is InChI=1S/C17H35N3/c1-6-18-16-7-8-17(3,4)11-15(16)13-20-10-9-19(5)14(2)12-20/h14-16,18H,6-13H2,1-5H3. The van der Waals surface area contributed by atoms with Gasteiger partial charge in [-0.2, -0.15) is 0 Å². The van der Waals surface area contributed by atoms with Gasteiger partial charge >= 0.3 is 0 Å². The highest BCUT2D eigenvalue weighted by atomic mass is 15.3. The molecule has 0 aromatic carbocycles. The predicted octanol–water partition coefficient (Wildman–Crippen LogP) is 2.43. The van der Waals surface area contributed by atoms with Gasteiger partial charge < -0.3 is 15.1 Å². The van der Waals surface area contributed by atoms with Gasteiger partial charge in [-0.15, -0.1) is 0 Å². The highest BCUT2D eigenvalue weighted by molar-refractivity contribution is 4.91. The zero-order valence-corrected chi connectivity index (χ0v) is 14.3. The van der Waals surface area contributed by atoms with Gasteiger partial charge in [0.1, 0.15) is 0 Å². The Balaban J connectivity index is 1.93. The molecule has 0 radical (unpaired) electrons. The van der Waals surface area contributed by atoms with Crippen LogP contribution in [0.15, 0.2) is 0 Å². The second-order valence-electron chi connectivity index (χ2n) is 7.92. The molecule has 1 saturated carbocycles. The van der Waals surface area contributed by atoms with Gasteiger partial charge in [0, 0.05) is 38.3 Å². The van der Waals surface area contributed by atoms with Crippen LogP contribution in [0.25, 0.3) is 0 Å². The van der Waals surface area contributed by atoms with Crippen LogP contribution in [0.4, 0.5) is 0 Å². The summed E-state index contributed by atoms with van der Waals surface area (Å²) >= 11 is 0. The maximum absolute atomic E-state index is 3.74. The summed E-state index contributed by atoms with van der Waals surface area (Å²) in [5.41, 5.74) is 0.536. The minimum Gasteiger partial charge on any atom is -0.314 e. The maximum Gasteiger partial charge on any atom is 0.0192 e. The quantitative estimate of drug-likeness (QED) is 0.854. The van der Waals surface area contributed by atoms with Crippen molar-refractivity contribution in [2.45, 2.75) is 59.0 Å². The molecule has 1 N–H and O–H groups in total. The van der Waals surface area contributed by atoms with Gasteiger partial charge in [0.2, 0.25) is 0 Å². The van der Waals surface area contributed by atoms with Crippen LogP contribution in [0.2, 0.25) is 0 Å². The van der Waals surface area contributed by atoms with E-state index in [2.05, 4.69) is 49.9 Å². The Morgan fingerprint density at radius 3 is 2.65 bits per heavy atom. The SMILES string of the molecule is CCNC1CCC(C)(C)CC1CN1CCN(C)C(C)C1. The lowest BCUT2D eigenvalue weighted by Gasteiger charge is -2.45. The first-order valence-electron chi connectivity index (χ1n) is 8.57. The van der Waals surface area contributed by atoms with Crippen molar-refractivity contribution in [3.05, 3.63) is 0 Å². The van der Waals surface area contributed by atoms with Crippen LogP contribution in [-0.4, -0.2) is 61.7 Å². The fourth-order valence-electron chi connectivity index (χ4n) is 4.08. The second-order valence-corrected chi connectivity index (χ2v) is 7.92. The molecule has 0 bridgehead atoms. The van der Waals surface area contributed by atoms with Crippen molar-refractivity contribution in [3.63, 3.8) is 0 Å². The molecule has 2 aliphatic rings. The molecule has 0 aromatic heterocycles. The van der Waals surface area contributed by atoms with Gasteiger partial charge in [-0.1, -0.05) is 20.8 Å². The van der Waals surface area contributed by atoms with E-state index < -0.39 is 0 Å². The molecule has 2 fully saturated rings.